The number of aromatic amines is 1. The van der Waals surface area contributed by atoms with Crippen molar-refractivity contribution in [2.24, 2.45) is 7.05 Å². The summed E-state index contributed by atoms with van der Waals surface area (Å²) in [7, 11) is 1.65. The molecule has 8 heteroatoms. The molecule has 7 nitrogen and oxygen atoms in total. The Labute approximate surface area is 108 Å². The van der Waals surface area contributed by atoms with Gasteiger partial charge in [-0.3, -0.25) is 4.57 Å². The van der Waals surface area contributed by atoms with Crippen LogP contribution in [0, 0.1) is 0 Å². The van der Waals surface area contributed by atoms with Crippen LogP contribution in [0.25, 0.3) is 0 Å². The third-order valence-corrected chi connectivity index (χ3v) is 3.56. The van der Waals surface area contributed by atoms with E-state index in [1.54, 1.807) is 7.05 Å². The molecule has 0 radical (unpaired) electrons. The van der Waals surface area contributed by atoms with Crippen LogP contribution in [0.4, 0.5) is 5.82 Å². The summed E-state index contributed by atoms with van der Waals surface area (Å²) in [4.78, 5) is 19.5. The molecular formula is C10H14N6OS. The SMILES string of the molecule is CCCc1c(N)ncnc1Sc1n[nH]c(=O)n1C. The van der Waals surface area contributed by atoms with Crippen molar-refractivity contribution in [1.82, 2.24) is 24.7 Å². The molecule has 3 N–H and O–H groups in total. The summed E-state index contributed by atoms with van der Waals surface area (Å²) >= 11 is 1.31. The van der Waals surface area contributed by atoms with Crippen molar-refractivity contribution in [2.45, 2.75) is 29.9 Å². The fourth-order valence-electron chi connectivity index (χ4n) is 1.49. The highest BCUT2D eigenvalue weighted by molar-refractivity contribution is 7.99. The van der Waals surface area contributed by atoms with Crippen molar-refractivity contribution in [1.29, 1.82) is 0 Å². The van der Waals surface area contributed by atoms with Gasteiger partial charge in [0.05, 0.1) is 0 Å². The van der Waals surface area contributed by atoms with Gasteiger partial charge in [0.15, 0.2) is 5.16 Å². The number of aromatic nitrogens is 5. The van der Waals surface area contributed by atoms with Gasteiger partial charge >= 0.3 is 5.69 Å². The Morgan fingerprint density at radius 3 is 2.89 bits per heavy atom. The monoisotopic (exact) mass is 266 g/mol. The van der Waals surface area contributed by atoms with Gasteiger partial charge in [0.2, 0.25) is 0 Å². The third-order valence-electron chi connectivity index (χ3n) is 2.47. The number of anilines is 1. The lowest BCUT2D eigenvalue weighted by Crippen LogP contribution is -2.13. The van der Waals surface area contributed by atoms with E-state index in [-0.39, 0.29) is 5.69 Å². The van der Waals surface area contributed by atoms with E-state index in [4.69, 9.17) is 5.73 Å². The number of hydrogen-bond donors (Lipinski definition) is 2. The van der Waals surface area contributed by atoms with E-state index in [0.29, 0.717) is 11.0 Å². The highest BCUT2D eigenvalue weighted by atomic mass is 32.2. The van der Waals surface area contributed by atoms with Gasteiger partial charge in [0.25, 0.3) is 0 Å². The fraction of sp³-hybridized carbons (Fsp3) is 0.400. The summed E-state index contributed by atoms with van der Waals surface area (Å²) in [6.45, 7) is 2.06. The Kier molecular flexibility index (Phi) is 3.66. The molecule has 2 aromatic rings. The van der Waals surface area contributed by atoms with E-state index in [2.05, 4.69) is 27.1 Å². The largest absolute Gasteiger partial charge is 0.383 e. The Morgan fingerprint density at radius 1 is 1.50 bits per heavy atom. The van der Waals surface area contributed by atoms with Crippen LogP contribution in [0.3, 0.4) is 0 Å². The Hall–Kier alpha value is -1.83. The van der Waals surface area contributed by atoms with E-state index >= 15 is 0 Å². The highest BCUT2D eigenvalue weighted by Crippen LogP contribution is 2.28. The molecule has 0 aliphatic heterocycles. The molecule has 0 saturated carbocycles. The quantitative estimate of drug-likeness (QED) is 0.785. The zero-order valence-electron chi connectivity index (χ0n) is 10.2. The minimum atomic E-state index is -0.253. The fourth-order valence-corrected chi connectivity index (χ4v) is 2.41. The van der Waals surface area contributed by atoms with E-state index in [9.17, 15) is 4.79 Å². The zero-order chi connectivity index (χ0) is 13.1. The first-order valence-electron chi connectivity index (χ1n) is 5.52. The Balaban J connectivity index is 2.37. The molecule has 0 fully saturated rings. The van der Waals surface area contributed by atoms with E-state index < -0.39 is 0 Å². The number of nitrogens with zero attached hydrogens (tertiary/aromatic N) is 4. The van der Waals surface area contributed by atoms with Gasteiger partial charge in [-0.05, 0) is 18.2 Å². The zero-order valence-corrected chi connectivity index (χ0v) is 11.0. The van der Waals surface area contributed by atoms with Gasteiger partial charge < -0.3 is 5.73 Å². The molecule has 0 saturated heterocycles. The summed E-state index contributed by atoms with van der Waals surface area (Å²) in [5.74, 6) is 0.481. The number of rotatable bonds is 4. The van der Waals surface area contributed by atoms with Gasteiger partial charge in [-0.15, -0.1) is 5.10 Å². The predicted octanol–water partition coefficient (Wildman–Crippen LogP) is 0.584. The maximum Gasteiger partial charge on any atom is 0.343 e. The number of nitrogens with one attached hydrogen (secondary N) is 1. The van der Waals surface area contributed by atoms with Crippen LogP contribution < -0.4 is 11.4 Å². The third kappa shape index (κ3) is 2.37. The summed E-state index contributed by atoms with van der Waals surface area (Å²) < 4.78 is 1.43. The molecule has 2 heterocycles. The second kappa shape index (κ2) is 5.21. The van der Waals surface area contributed by atoms with Gasteiger partial charge in [0.1, 0.15) is 17.2 Å². The molecule has 0 spiro atoms. The van der Waals surface area contributed by atoms with Crippen LogP contribution in [-0.4, -0.2) is 24.7 Å². The van der Waals surface area contributed by atoms with Crippen LogP contribution >= 0.6 is 11.8 Å². The van der Waals surface area contributed by atoms with Crippen molar-refractivity contribution in [3.8, 4) is 0 Å². The predicted molar refractivity (Wildman–Crippen MR) is 68.4 cm³/mol. The average molecular weight is 266 g/mol. The molecule has 0 unspecified atom stereocenters. The van der Waals surface area contributed by atoms with E-state index in [0.717, 1.165) is 23.4 Å². The smallest absolute Gasteiger partial charge is 0.343 e. The van der Waals surface area contributed by atoms with Crippen LogP contribution in [0.5, 0.6) is 0 Å². The van der Waals surface area contributed by atoms with Crippen LogP contribution in [0.15, 0.2) is 21.3 Å². The number of hydrogen-bond acceptors (Lipinski definition) is 6. The molecule has 0 aromatic carbocycles. The standard InChI is InChI=1S/C10H14N6OS/c1-3-4-6-7(11)12-5-13-8(6)18-10-15-14-9(17)16(10)2/h5H,3-4H2,1-2H3,(H,14,17)(H2,11,12,13). The minimum absolute atomic E-state index is 0.253. The first kappa shape index (κ1) is 12.6. The Bertz CT molecular complexity index is 605. The lowest BCUT2D eigenvalue weighted by Gasteiger charge is -2.08. The molecular weight excluding hydrogens is 252 g/mol. The molecule has 18 heavy (non-hydrogen) atoms. The van der Waals surface area contributed by atoms with Crippen LogP contribution in [0.1, 0.15) is 18.9 Å². The normalized spacial score (nSPS) is 10.8. The van der Waals surface area contributed by atoms with Gasteiger partial charge in [0, 0.05) is 12.6 Å². The average Bonchev–Trinajstić information content (AvgIpc) is 2.66. The molecule has 0 atom stereocenters. The highest BCUT2D eigenvalue weighted by Gasteiger charge is 2.13. The van der Waals surface area contributed by atoms with E-state index in [1.165, 1.54) is 22.7 Å². The second-order valence-corrected chi connectivity index (χ2v) is 4.72. The van der Waals surface area contributed by atoms with Gasteiger partial charge in [-0.1, -0.05) is 13.3 Å². The van der Waals surface area contributed by atoms with E-state index in [1.807, 2.05) is 0 Å². The van der Waals surface area contributed by atoms with Crippen molar-refractivity contribution < 1.29 is 0 Å². The molecule has 0 amide bonds. The van der Waals surface area contributed by atoms with Crippen molar-refractivity contribution >= 4 is 17.6 Å². The lowest BCUT2D eigenvalue weighted by atomic mass is 10.2. The summed E-state index contributed by atoms with van der Waals surface area (Å²) in [6.07, 6.45) is 3.17. The van der Waals surface area contributed by atoms with Gasteiger partial charge in [-0.2, -0.15) is 0 Å². The number of nitrogens with two attached hydrogens (primary N) is 1. The summed E-state index contributed by atoms with van der Waals surface area (Å²) in [6, 6.07) is 0. The second-order valence-electron chi connectivity index (χ2n) is 3.77. The van der Waals surface area contributed by atoms with Crippen LogP contribution in [0.2, 0.25) is 0 Å². The first-order chi connectivity index (χ1) is 8.63. The minimum Gasteiger partial charge on any atom is -0.383 e. The molecule has 0 bridgehead atoms. The van der Waals surface area contributed by atoms with Crippen molar-refractivity contribution in [2.75, 3.05) is 5.73 Å². The van der Waals surface area contributed by atoms with Crippen molar-refractivity contribution in [3.05, 3.63) is 22.4 Å². The topological polar surface area (TPSA) is 102 Å². The maximum absolute atomic E-state index is 11.3. The molecule has 96 valence electrons. The van der Waals surface area contributed by atoms with Gasteiger partial charge in [-0.25, -0.2) is 19.9 Å². The lowest BCUT2D eigenvalue weighted by molar-refractivity contribution is 0.762. The van der Waals surface area contributed by atoms with Crippen molar-refractivity contribution in [3.63, 3.8) is 0 Å². The molecule has 2 aromatic heterocycles. The maximum atomic E-state index is 11.3. The molecule has 0 aliphatic carbocycles. The number of H-pyrrole nitrogens is 1. The summed E-state index contributed by atoms with van der Waals surface area (Å²) in [5, 5.41) is 7.61. The Morgan fingerprint density at radius 2 is 2.28 bits per heavy atom. The summed E-state index contributed by atoms with van der Waals surface area (Å²) in [5.41, 5.74) is 6.49. The van der Waals surface area contributed by atoms with Crippen LogP contribution in [-0.2, 0) is 13.5 Å². The number of nitrogen functional groups attached to an aromatic ring is 1. The molecule has 2 rings (SSSR count). The first-order valence-corrected chi connectivity index (χ1v) is 6.33. The molecule has 0 aliphatic rings.